The Hall–Kier alpha value is -2.53. The molecule has 1 amide bonds. The fourth-order valence-electron chi connectivity index (χ4n) is 2.65. The molecule has 4 nitrogen and oxygen atoms in total. The number of hydrogen-bond donors (Lipinski definition) is 1. The van der Waals surface area contributed by atoms with E-state index in [1.807, 2.05) is 74.5 Å². The van der Waals surface area contributed by atoms with Gasteiger partial charge in [-0.1, -0.05) is 55.1 Å². The molecule has 0 aliphatic rings. The lowest BCUT2D eigenvalue weighted by molar-refractivity contribution is -0.115. The van der Waals surface area contributed by atoms with Crippen LogP contribution >= 0.6 is 11.8 Å². The largest absolute Gasteiger partial charge is 0.492 e. The lowest BCUT2D eigenvalue weighted by atomic mass is 10.2. The standard InChI is InChI=1S/C21H22N2O2S/c1-3-19(21(24)23-17-11-7-8-12-18(17)25-4-2)26-20-14-13-15-9-5-6-10-16(15)22-20/h5-14,19H,3-4H2,1-2H3,(H,23,24). The summed E-state index contributed by atoms with van der Waals surface area (Å²) in [6.45, 7) is 4.49. The number of nitrogens with zero attached hydrogens (tertiary/aromatic N) is 1. The van der Waals surface area contributed by atoms with Crippen LogP contribution in [0.4, 0.5) is 5.69 Å². The number of thioether (sulfide) groups is 1. The molecule has 3 rings (SSSR count). The summed E-state index contributed by atoms with van der Waals surface area (Å²) in [7, 11) is 0. The quantitative estimate of drug-likeness (QED) is 0.588. The summed E-state index contributed by atoms with van der Waals surface area (Å²) >= 11 is 1.49. The number of carbonyl (C=O) groups is 1. The van der Waals surface area contributed by atoms with Gasteiger partial charge in [-0.15, -0.1) is 0 Å². The van der Waals surface area contributed by atoms with Crippen molar-refractivity contribution >= 4 is 34.3 Å². The van der Waals surface area contributed by atoms with E-state index in [1.54, 1.807) is 0 Å². The monoisotopic (exact) mass is 366 g/mol. The molecule has 0 saturated heterocycles. The van der Waals surface area contributed by atoms with Crippen LogP contribution in [0.25, 0.3) is 10.9 Å². The number of fused-ring (bicyclic) bond motifs is 1. The first-order valence-corrected chi connectivity index (χ1v) is 9.64. The number of rotatable bonds is 7. The zero-order valence-electron chi connectivity index (χ0n) is 14.9. The van der Waals surface area contributed by atoms with Gasteiger partial charge in [0.05, 0.1) is 28.1 Å². The topological polar surface area (TPSA) is 51.2 Å². The summed E-state index contributed by atoms with van der Waals surface area (Å²) < 4.78 is 5.58. The minimum atomic E-state index is -0.224. The number of carbonyl (C=O) groups excluding carboxylic acids is 1. The second-order valence-corrected chi connectivity index (χ2v) is 7.00. The number of pyridine rings is 1. The SMILES string of the molecule is CCOc1ccccc1NC(=O)C(CC)Sc1ccc2ccccc2n1. The number of aromatic nitrogens is 1. The van der Waals surface area contributed by atoms with E-state index in [-0.39, 0.29) is 11.2 Å². The van der Waals surface area contributed by atoms with Crippen LogP contribution in [0.3, 0.4) is 0 Å². The Kier molecular flexibility index (Phi) is 6.12. The van der Waals surface area contributed by atoms with E-state index in [1.165, 1.54) is 11.8 Å². The first-order valence-electron chi connectivity index (χ1n) is 8.76. The van der Waals surface area contributed by atoms with Crippen LogP contribution in [-0.4, -0.2) is 22.7 Å². The summed E-state index contributed by atoms with van der Waals surface area (Å²) in [6, 6.07) is 19.5. The predicted molar refractivity (Wildman–Crippen MR) is 108 cm³/mol. The number of amides is 1. The van der Waals surface area contributed by atoms with Crippen LogP contribution in [0.5, 0.6) is 5.75 Å². The maximum absolute atomic E-state index is 12.8. The van der Waals surface area contributed by atoms with Crippen molar-refractivity contribution in [1.82, 2.24) is 4.98 Å². The molecule has 0 bridgehead atoms. The van der Waals surface area contributed by atoms with Crippen molar-refractivity contribution in [2.24, 2.45) is 0 Å². The zero-order chi connectivity index (χ0) is 18.4. The van der Waals surface area contributed by atoms with Crippen LogP contribution in [0.15, 0.2) is 65.7 Å². The average molecular weight is 366 g/mol. The minimum Gasteiger partial charge on any atom is -0.492 e. The minimum absolute atomic E-state index is 0.0420. The van der Waals surface area contributed by atoms with Gasteiger partial charge < -0.3 is 10.1 Å². The van der Waals surface area contributed by atoms with Crippen LogP contribution in [-0.2, 0) is 4.79 Å². The van der Waals surface area contributed by atoms with Crippen molar-refractivity contribution in [2.75, 3.05) is 11.9 Å². The molecule has 0 aliphatic carbocycles. The molecule has 0 spiro atoms. The molecule has 3 aromatic rings. The van der Waals surface area contributed by atoms with Gasteiger partial charge in [-0.25, -0.2) is 4.98 Å². The van der Waals surface area contributed by atoms with Gasteiger partial charge in [0.2, 0.25) is 5.91 Å². The molecule has 1 unspecified atom stereocenters. The van der Waals surface area contributed by atoms with Crippen LogP contribution < -0.4 is 10.1 Å². The Bertz CT molecular complexity index is 898. The number of benzene rings is 2. The fourth-order valence-corrected chi connectivity index (χ4v) is 3.57. The smallest absolute Gasteiger partial charge is 0.238 e. The van der Waals surface area contributed by atoms with Crippen molar-refractivity contribution in [3.8, 4) is 5.75 Å². The number of nitrogens with one attached hydrogen (secondary N) is 1. The maximum atomic E-state index is 12.8. The van der Waals surface area contributed by atoms with Crippen LogP contribution in [0.2, 0.25) is 0 Å². The van der Waals surface area contributed by atoms with Crippen LogP contribution in [0, 0.1) is 0 Å². The Labute approximate surface area is 158 Å². The van der Waals surface area contributed by atoms with Gasteiger partial charge >= 0.3 is 0 Å². The van der Waals surface area contributed by atoms with Gasteiger partial charge in [-0.05, 0) is 37.6 Å². The Morgan fingerprint density at radius 2 is 1.85 bits per heavy atom. The van der Waals surface area contributed by atoms with E-state index in [4.69, 9.17) is 4.74 Å². The van der Waals surface area contributed by atoms with Crippen molar-refractivity contribution in [3.05, 3.63) is 60.7 Å². The fraction of sp³-hybridized carbons (Fsp3) is 0.238. The van der Waals surface area contributed by atoms with E-state index >= 15 is 0 Å². The summed E-state index contributed by atoms with van der Waals surface area (Å²) in [5, 5.41) is 4.72. The molecular weight excluding hydrogens is 344 g/mol. The summed E-state index contributed by atoms with van der Waals surface area (Å²) in [4.78, 5) is 17.4. The average Bonchev–Trinajstić information content (AvgIpc) is 2.67. The molecule has 1 heterocycles. The molecule has 0 saturated carbocycles. The lowest BCUT2D eigenvalue weighted by Crippen LogP contribution is -2.25. The Morgan fingerprint density at radius 1 is 1.08 bits per heavy atom. The summed E-state index contributed by atoms with van der Waals surface area (Å²) in [5.74, 6) is 0.645. The molecule has 1 aromatic heterocycles. The highest BCUT2D eigenvalue weighted by atomic mass is 32.2. The summed E-state index contributed by atoms with van der Waals surface area (Å²) in [6.07, 6.45) is 0.710. The van der Waals surface area contributed by atoms with Gasteiger partial charge in [0.25, 0.3) is 0 Å². The van der Waals surface area contributed by atoms with Gasteiger partial charge in [-0.3, -0.25) is 4.79 Å². The van der Waals surface area contributed by atoms with E-state index < -0.39 is 0 Å². The van der Waals surface area contributed by atoms with E-state index in [0.29, 0.717) is 24.5 Å². The third-order valence-corrected chi connectivity index (χ3v) is 5.24. The second kappa shape index (κ2) is 8.72. The maximum Gasteiger partial charge on any atom is 0.238 e. The van der Waals surface area contributed by atoms with E-state index in [2.05, 4.69) is 10.3 Å². The molecule has 0 fully saturated rings. The predicted octanol–water partition coefficient (Wildman–Crippen LogP) is 5.14. The molecule has 26 heavy (non-hydrogen) atoms. The third kappa shape index (κ3) is 4.35. The molecule has 1 atom stereocenters. The highest BCUT2D eigenvalue weighted by Crippen LogP contribution is 2.29. The van der Waals surface area contributed by atoms with Crippen molar-refractivity contribution in [1.29, 1.82) is 0 Å². The lowest BCUT2D eigenvalue weighted by Gasteiger charge is -2.16. The Balaban J connectivity index is 1.74. The molecule has 1 N–H and O–H groups in total. The number of para-hydroxylation sites is 3. The van der Waals surface area contributed by atoms with Crippen LogP contribution in [0.1, 0.15) is 20.3 Å². The highest BCUT2D eigenvalue weighted by molar-refractivity contribution is 8.00. The molecular formula is C21H22N2O2S. The van der Waals surface area contributed by atoms with Crippen molar-refractivity contribution in [2.45, 2.75) is 30.5 Å². The van der Waals surface area contributed by atoms with Gasteiger partial charge in [-0.2, -0.15) is 0 Å². The second-order valence-electron chi connectivity index (χ2n) is 5.78. The van der Waals surface area contributed by atoms with Gasteiger partial charge in [0.1, 0.15) is 5.75 Å². The molecule has 2 aromatic carbocycles. The molecule has 0 aliphatic heterocycles. The molecule has 134 valence electrons. The van der Waals surface area contributed by atoms with E-state index in [9.17, 15) is 4.79 Å². The molecule has 5 heteroatoms. The zero-order valence-corrected chi connectivity index (χ0v) is 15.8. The Morgan fingerprint density at radius 3 is 2.65 bits per heavy atom. The first kappa shape index (κ1) is 18.3. The van der Waals surface area contributed by atoms with E-state index in [0.717, 1.165) is 15.9 Å². The van der Waals surface area contributed by atoms with Crippen molar-refractivity contribution < 1.29 is 9.53 Å². The molecule has 0 radical (unpaired) electrons. The van der Waals surface area contributed by atoms with Gasteiger partial charge in [0.15, 0.2) is 0 Å². The highest BCUT2D eigenvalue weighted by Gasteiger charge is 2.20. The number of ether oxygens (including phenoxy) is 1. The number of hydrogen-bond acceptors (Lipinski definition) is 4. The van der Waals surface area contributed by atoms with Gasteiger partial charge in [0, 0.05) is 5.39 Å². The third-order valence-electron chi connectivity index (χ3n) is 3.94. The summed E-state index contributed by atoms with van der Waals surface area (Å²) in [5.41, 5.74) is 1.64. The van der Waals surface area contributed by atoms with Crippen molar-refractivity contribution in [3.63, 3.8) is 0 Å². The first-order chi connectivity index (χ1) is 12.7. The normalized spacial score (nSPS) is 11.9. The number of anilines is 1.